The fourth-order valence-electron chi connectivity index (χ4n) is 2.25. The van der Waals surface area contributed by atoms with Gasteiger partial charge in [0.2, 0.25) is 5.91 Å². The van der Waals surface area contributed by atoms with Crippen LogP contribution in [0.25, 0.3) is 0 Å². The lowest BCUT2D eigenvalue weighted by Crippen LogP contribution is -2.46. The van der Waals surface area contributed by atoms with Crippen LogP contribution in [0.2, 0.25) is 0 Å². The van der Waals surface area contributed by atoms with E-state index in [0.29, 0.717) is 11.9 Å². The van der Waals surface area contributed by atoms with Crippen molar-refractivity contribution in [3.8, 4) is 0 Å². The van der Waals surface area contributed by atoms with Gasteiger partial charge in [-0.3, -0.25) is 4.79 Å². The Kier molecular flexibility index (Phi) is 6.46. The maximum Gasteiger partial charge on any atom is 0.222 e. The first-order valence-corrected chi connectivity index (χ1v) is 6.72. The van der Waals surface area contributed by atoms with E-state index in [-0.39, 0.29) is 0 Å². The summed E-state index contributed by atoms with van der Waals surface area (Å²) in [6, 6.07) is 0.424. The molecule has 0 bridgehead atoms. The van der Waals surface area contributed by atoms with Gasteiger partial charge in [-0.1, -0.05) is 26.2 Å². The van der Waals surface area contributed by atoms with Crippen LogP contribution >= 0.6 is 0 Å². The maximum absolute atomic E-state index is 11.9. The van der Waals surface area contributed by atoms with E-state index in [2.05, 4.69) is 12.2 Å². The first kappa shape index (κ1) is 13.5. The van der Waals surface area contributed by atoms with Gasteiger partial charge in [-0.25, -0.2) is 0 Å². The fraction of sp³-hybridized carbons (Fsp3) is 0.923. The number of amides is 1. The Morgan fingerprint density at radius 1 is 1.38 bits per heavy atom. The lowest BCUT2D eigenvalue weighted by atomic mass is 10.1. The van der Waals surface area contributed by atoms with Gasteiger partial charge >= 0.3 is 0 Å². The molecule has 94 valence electrons. The van der Waals surface area contributed by atoms with Gasteiger partial charge in [-0.15, -0.1) is 0 Å². The smallest absolute Gasteiger partial charge is 0.222 e. The summed E-state index contributed by atoms with van der Waals surface area (Å²) in [6.07, 6.45) is 7.81. The zero-order valence-corrected chi connectivity index (χ0v) is 10.8. The highest BCUT2D eigenvalue weighted by Gasteiger charge is 2.20. The van der Waals surface area contributed by atoms with Crippen molar-refractivity contribution >= 4 is 5.91 Å². The molecule has 0 aromatic heterocycles. The van der Waals surface area contributed by atoms with Crippen molar-refractivity contribution in [1.29, 1.82) is 0 Å². The van der Waals surface area contributed by atoms with Crippen molar-refractivity contribution in [1.82, 2.24) is 10.2 Å². The Morgan fingerprint density at radius 3 is 2.81 bits per heavy atom. The van der Waals surface area contributed by atoms with Crippen LogP contribution < -0.4 is 5.32 Å². The van der Waals surface area contributed by atoms with Gasteiger partial charge in [0, 0.05) is 26.1 Å². The number of carbonyl (C=O) groups is 1. The van der Waals surface area contributed by atoms with Crippen LogP contribution in [-0.2, 0) is 4.79 Å². The van der Waals surface area contributed by atoms with E-state index in [0.717, 1.165) is 32.4 Å². The summed E-state index contributed by atoms with van der Waals surface area (Å²) in [5.74, 6) is 0.324. The number of rotatable bonds is 6. The van der Waals surface area contributed by atoms with Crippen molar-refractivity contribution in [3.05, 3.63) is 0 Å². The SMILES string of the molecule is CCCCCCC(=O)N(C)C1CCCNC1. The first-order valence-electron chi connectivity index (χ1n) is 6.72. The third-order valence-electron chi connectivity index (χ3n) is 3.46. The molecule has 0 saturated carbocycles. The van der Waals surface area contributed by atoms with Crippen LogP contribution in [-0.4, -0.2) is 37.0 Å². The Labute approximate surface area is 99.6 Å². The molecule has 1 heterocycles. The van der Waals surface area contributed by atoms with Gasteiger partial charge in [-0.2, -0.15) is 0 Å². The molecule has 1 unspecified atom stereocenters. The minimum Gasteiger partial charge on any atom is -0.342 e. The quantitative estimate of drug-likeness (QED) is 0.704. The molecule has 1 saturated heterocycles. The lowest BCUT2D eigenvalue weighted by molar-refractivity contribution is -0.132. The van der Waals surface area contributed by atoms with Crippen LogP contribution in [0, 0.1) is 0 Å². The van der Waals surface area contributed by atoms with Crippen LogP contribution in [0.4, 0.5) is 0 Å². The standard InChI is InChI=1S/C13H26N2O/c1-3-4-5-6-9-13(16)15(2)12-8-7-10-14-11-12/h12,14H,3-11H2,1-2H3. The second kappa shape index (κ2) is 7.66. The van der Waals surface area contributed by atoms with Crippen LogP contribution in [0.1, 0.15) is 51.9 Å². The molecule has 1 fully saturated rings. The highest BCUT2D eigenvalue weighted by atomic mass is 16.2. The average Bonchev–Trinajstić information content (AvgIpc) is 2.34. The predicted octanol–water partition coefficient (Wildman–Crippen LogP) is 2.17. The Hall–Kier alpha value is -0.570. The molecule has 0 spiro atoms. The number of likely N-dealkylation sites (N-methyl/N-ethyl adjacent to an activating group) is 1. The summed E-state index contributed by atoms with van der Waals surface area (Å²) in [4.78, 5) is 13.9. The molecule has 0 aromatic rings. The van der Waals surface area contributed by atoms with Gasteiger partial charge < -0.3 is 10.2 Å². The second-order valence-electron chi connectivity index (χ2n) is 4.82. The summed E-state index contributed by atoms with van der Waals surface area (Å²) in [5, 5.41) is 3.35. The van der Waals surface area contributed by atoms with E-state index in [4.69, 9.17) is 0 Å². The molecule has 1 atom stereocenters. The number of nitrogens with zero attached hydrogens (tertiary/aromatic N) is 1. The molecule has 0 radical (unpaired) electrons. The number of nitrogens with one attached hydrogen (secondary N) is 1. The molecule has 3 heteroatoms. The van der Waals surface area contributed by atoms with Crippen molar-refractivity contribution in [3.63, 3.8) is 0 Å². The van der Waals surface area contributed by atoms with E-state index in [1.54, 1.807) is 0 Å². The number of hydrogen-bond acceptors (Lipinski definition) is 2. The zero-order valence-electron chi connectivity index (χ0n) is 10.8. The minimum absolute atomic E-state index is 0.324. The molecule has 1 aliphatic rings. The average molecular weight is 226 g/mol. The summed E-state index contributed by atoms with van der Waals surface area (Å²) in [5.41, 5.74) is 0. The van der Waals surface area contributed by atoms with E-state index in [9.17, 15) is 4.79 Å². The molecule has 1 amide bonds. The van der Waals surface area contributed by atoms with Gasteiger partial charge in [0.05, 0.1) is 0 Å². The Bertz CT molecular complexity index is 200. The van der Waals surface area contributed by atoms with Crippen molar-refractivity contribution in [2.75, 3.05) is 20.1 Å². The van der Waals surface area contributed by atoms with Crippen LogP contribution in [0.5, 0.6) is 0 Å². The van der Waals surface area contributed by atoms with Crippen molar-refractivity contribution < 1.29 is 4.79 Å². The second-order valence-corrected chi connectivity index (χ2v) is 4.82. The third kappa shape index (κ3) is 4.52. The zero-order chi connectivity index (χ0) is 11.8. The molecule has 1 rings (SSSR count). The van der Waals surface area contributed by atoms with E-state index >= 15 is 0 Å². The topological polar surface area (TPSA) is 32.3 Å². The lowest BCUT2D eigenvalue weighted by Gasteiger charge is -2.31. The molecule has 1 aliphatic heterocycles. The Morgan fingerprint density at radius 2 is 2.19 bits per heavy atom. The van der Waals surface area contributed by atoms with Crippen molar-refractivity contribution in [2.45, 2.75) is 57.9 Å². The van der Waals surface area contributed by atoms with Gasteiger partial charge in [0.15, 0.2) is 0 Å². The largest absolute Gasteiger partial charge is 0.342 e. The number of carbonyl (C=O) groups excluding carboxylic acids is 1. The van der Waals surface area contributed by atoms with E-state index in [1.807, 2.05) is 11.9 Å². The molecular formula is C13H26N2O. The predicted molar refractivity (Wildman–Crippen MR) is 67.4 cm³/mol. The van der Waals surface area contributed by atoms with Gasteiger partial charge in [-0.05, 0) is 25.8 Å². The minimum atomic E-state index is 0.324. The number of hydrogen-bond donors (Lipinski definition) is 1. The molecule has 0 aromatic carbocycles. The molecule has 1 N–H and O–H groups in total. The van der Waals surface area contributed by atoms with Crippen molar-refractivity contribution in [2.24, 2.45) is 0 Å². The molecular weight excluding hydrogens is 200 g/mol. The Balaban J connectivity index is 2.18. The summed E-state index contributed by atoms with van der Waals surface area (Å²) in [6.45, 7) is 4.27. The van der Waals surface area contributed by atoms with E-state index < -0.39 is 0 Å². The monoisotopic (exact) mass is 226 g/mol. The molecule has 0 aliphatic carbocycles. The molecule has 16 heavy (non-hydrogen) atoms. The fourth-order valence-corrected chi connectivity index (χ4v) is 2.25. The highest BCUT2D eigenvalue weighted by molar-refractivity contribution is 5.76. The van der Waals surface area contributed by atoms with E-state index in [1.165, 1.54) is 25.7 Å². The normalized spacial score (nSPS) is 20.8. The number of piperidine rings is 1. The maximum atomic E-state index is 11.9. The summed E-state index contributed by atoms with van der Waals surface area (Å²) < 4.78 is 0. The first-order chi connectivity index (χ1) is 7.75. The molecule has 3 nitrogen and oxygen atoms in total. The van der Waals surface area contributed by atoms with Gasteiger partial charge in [0.25, 0.3) is 0 Å². The van der Waals surface area contributed by atoms with Gasteiger partial charge in [0.1, 0.15) is 0 Å². The highest BCUT2D eigenvalue weighted by Crippen LogP contribution is 2.11. The number of unbranched alkanes of at least 4 members (excludes halogenated alkanes) is 3. The van der Waals surface area contributed by atoms with Crippen LogP contribution in [0.3, 0.4) is 0 Å². The third-order valence-corrected chi connectivity index (χ3v) is 3.46. The van der Waals surface area contributed by atoms with Crippen LogP contribution in [0.15, 0.2) is 0 Å². The summed E-state index contributed by atoms with van der Waals surface area (Å²) in [7, 11) is 1.96. The summed E-state index contributed by atoms with van der Waals surface area (Å²) >= 11 is 0.